The molecule has 0 N–H and O–H groups in total. The molecule has 7 heteroatoms. The summed E-state index contributed by atoms with van der Waals surface area (Å²) >= 11 is 1.69. The molecule has 0 aliphatic carbocycles. The second-order valence-electron chi connectivity index (χ2n) is 5.99. The van der Waals surface area contributed by atoms with Crippen LogP contribution in [0.25, 0.3) is 0 Å². The number of piperazine rings is 1. The van der Waals surface area contributed by atoms with E-state index < -0.39 is 0 Å². The molecule has 1 aliphatic rings. The zero-order valence-electron chi connectivity index (χ0n) is 14.8. The van der Waals surface area contributed by atoms with Gasteiger partial charge >= 0.3 is 0 Å². The van der Waals surface area contributed by atoms with Crippen molar-refractivity contribution in [3.05, 3.63) is 39.8 Å². The van der Waals surface area contributed by atoms with Crippen molar-refractivity contribution in [1.82, 2.24) is 14.8 Å². The zero-order valence-corrected chi connectivity index (χ0v) is 15.6. The first kappa shape index (κ1) is 17.7. The molecule has 1 aromatic heterocycles. The smallest absolute Gasteiger partial charge is 0.261 e. The first-order valence-corrected chi connectivity index (χ1v) is 9.14. The molecular formula is C18H23N3O3S. The molecular weight excluding hydrogens is 338 g/mol. The highest BCUT2D eigenvalue weighted by Crippen LogP contribution is 2.30. The lowest BCUT2D eigenvalue weighted by Gasteiger charge is -2.34. The fourth-order valence-corrected chi connectivity index (χ4v) is 3.81. The van der Waals surface area contributed by atoms with Gasteiger partial charge in [-0.05, 0) is 19.1 Å². The second-order valence-corrected chi connectivity index (χ2v) is 6.93. The third-order valence-corrected chi connectivity index (χ3v) is 5.28. The Morgan fingerprint density at radius 3 is 2.32 bits per heavy atom. The van der Waals surface area contributed by atoms with E-state index in [1.54, 1.807) is 37.7 Å². The minimum atomic E-state index is -0.0426. The van der Waals surface area contributed by atoms with Crippen LogP contribution < -0.4 is 9.47 Å². The molecule has 0 radical (unpaired) electrons. The highest BCUT2D eigenvalue weighted by molar-refractivity contribution is 7.09. The number of methoxy groups -OCH3 is 2. The number of thiazole rings is 1. The van der Waals surface area contributed by atoms with Crippen LogP contribution in [-0.4, -0.2) is 61.1 Å². The number of ether oxygens (including phenoxy) is 2. The molecule has 25 heavy (non-hydrogen) atoms. The van der Waals surface area contributed by atoms with Gasteiger partial charge in [-0.1, -0.05) is 6.07 Å². The van der Waals surface area contributed by atoms with Gasteiger partial charge in [-0.3, -0.25) is 9.69 Å². The number of nitrogens with zero attached hydrogens (tertiary/aromatic N) is 3. The van der Waals surface area contributed by atoms with E-state index >= 15 is 0 Å². The molecule has 134 valence electrons. The van der Waals surface area contributed by atoms with Gasteiger partial charge in [-0.2, -0.15) is 0 Å². The minimum absolute atomic E-state index is 0.0426. The van der Waals surface area contributed by atoms with Crippen LogP contribution in [0.15, 0.2) is 23.6 Å². The lowest BCUT2D eigenvalue weighted by molar-refractivity contribution is 0.0622. The first-order chi connectivity index (χ1) is 12.1. The fraction of sp³-hybridized carbons (Fsp3) is 0.444. The van der Waals surface area contributed by atoms with E-state index in [1.165, 1.54) is 0 Å². The van der Waals surface area contributed by atoms with E-state index in [0.717, 1.165) is 30.3 Å². The van der Waals surface area contributed by atoms with Gasteiger partial charge < -0.3 is 14.4 Å². The summed E-state index contributed by atoms with van der Waals surface area (Å²) in [7, 11) is 3.14. The van der Waals surface area contributed by atoms with E-state index in [1.807, 2.05) is 17.9 Å². The van der Waals surface area contributed by atoms with Gasteiger partial charge in [0.2, 0.25) is 0 Å². The maximum atomic E-state index is 13.0. The number of rotatable bonds is 5. The molecule has 3 rings (SSSR count). The third kappa shape index (κ3) is 3.93. The van der Waals surface area contributed by atoms with Crippen molar-refractivity contribution >= 4 is 17.2 Å². The van der Waals surface area contributed by atoms with Crippen LogP contribution in [0.2, 0.25) is 0 Å². The molecule has 0 bridgehead atoms. The van der Waals surface area contributed by atoms with Gasteiger partial charge in [0.05, 0.1) is 20.8 Å². The lowest BCUT2D eigenvalue weighted by atomic mass is 10.1. The maximum Gasteiger partial charge on any atom is 0.261 e. The van der Waals surface area contributed by atoms with Crippen molar-refractivity contribution in [2.24, 2.45) is 0 Å². The molecule has 1 amide bonds. The standard InChI is InChI=1S/C18H23N3O3S/c1-13-12-25-16(19-13)11-20-7-9-21(10-8-20)18(22)17-14(23-2)5-4-6-15(17)24-3/h4-6,12H,7-11H2,1-3H3. The van der Waals surface area contributed by atoms with Gasteiger partial charge in [-0.15, -0.1) is 11.3 Å². The van der Waals surface area contributed by atoms with Crippen molar-refractivity contribution < 1.29 is 14.3 Å². The quantitative estimate of drug-likeness (QED) is 0.819. The maximum absolute atomic E-state index is 13.0. The molecule has 0 unspecified atom stereocenters. The monoisotopic (exact) mass is 361 g/mol. The second kappa shape index (κ2) is 7.84. The van der Waals surface area contributed by atoms with Crippen molar-refractivity contribution in [2.45, 2.75) is 13.5 Å². The SMILES string of the molecule is COc1cccc(OC)c1C(=O)N1CCN(Cc2nc(C)cs2)CC1. The molecule has 0 saturated carbocycles. The predicted molar refractivity (Wildman–Crippen MR) is 97.6 cm³/mol. The van der Waals surface area contributed by atoms with E-state index in [4.69, 9.17) is 9.47 Å². The summed E-state index contributed by atoms with van der Waals surface area (Å²) in [6.07, 6.45) is 0. The number of amides is 1. The van der Waals surface area contributed by atoms with Gasteiger partial charge in [0.25, 0.3) is 5.91 Å². The molecule has 0 spiro atoms. The Balaban J connectivity index is 1.66. The normalized spacial score (nSPS) is 15.2. The Hall–Kier alpha value is -2.12. The number of hydrogen-bond acceptors (Lipinski definition) is 6. The summed E-state index contributed by atoms with van der Waals surface area (Å²) in [6.45, 7) is 5.90. The van der Waals surface area contributed by atoms with Crippen LogP contribution in [0.1, 0.15) is 21.1 Å². The van der Waals surface area contributed by atoms with Crippen molar-refractivity contribution in [3.8, 4) is 11.5 Å². The van der Waals surface area contributed by atoms with Crippen LogP contribution in [-0.2, 0) is 6.54 Å². The van der Waals surface area contributed by atoms with Crippen molar-refractivity contribution in [2.75, 3.05) is 40.4 Å². The summed E-state index contributed by atoms with van der Waals surface area (Å²) in [4.78, 5) is 21.7. The summed E-state index contributed by atoms with van der Waals surface area (Å²) in [5, 5.41) is 3.20. The minimum Gasteiger partial charge on any atom is -0.496 e. The Morgan fingerprint density at radius 1 is 1.16 bits per heavy atom. The number of hydrogen-bond donors (Lipinski definition) is 0. The molecule has 2 heterocycles. The van der Waals surface area contributed by atoms with E-state index in [0.29, 0.717) is 30.2 Å². The lowest BCUT2D eigenvalue weighted by Crippen LogP contribution is -2.48. The Labute approximate surface area is 152 Å². The van der Waals surface area contributed by atoms with E-state index in [-0.39, 0.29) is 5.91 Å². The topological polar surface area (TPSA) is 54.9 Å². The van der Waals surface area contributed by atoms with Crippen LogP contribution in [0.5, 0.6) is 11.5 Å². The van der Waals surface area contributed by atoms with Crippen molar-refractivity contribution in [3.63, 3.8) is 0 Å². The highest BCUT2D eigenvalue weighted by atomic mass is 32.1. The number of carbonyl (C=O) groups excluding carboxylic acids is 1. The average Bonchev–Trinajstić information content (AvgIpc) is 3.05. The zero-order chi connectivity index (χ0) is 17.8. The summed E-state index contributed by atoms with van der Waals surface area (Å²) in [5.41, 5.74) is 1.56. The Bertz CT molecular complexity index is 717. The van der Waals surface area contributed by atoms with E-state index in [2.05, 4.69) is 15.3 Å². The molecule has 1 aromatic carbocycles. The largest absolute Gasteiger partial charge is 0.496 e. The van der Waals surface area contributed by atoms with Crippen LogP contribution in [0, 0.1) is 6.92 Å². The summed E-state index contributed by atoms with van der Waals surface area (Å²) < 4.78 is 10.7. The number of aryl methyl sites for hydroxylation is 1. The van der Waals surface area contributed by atoms with Gasteiger partial charge in [0.1, 0.15) is 22.1 Å². The van der Waals surface area contributed by atoms with E-state index in [9.17, 15) is 4.79 Å². The van der Waals surface area contributed by atoms with Crippen LogP contribution >= 0.6 is 11.3 Å². The molecule has 1 fully saturated rings. The van der Waals surface area contributed by atoms with Crippen LogP contribution in [0.3, 0.4) is 0 Å². The fourth-order valence-electron chi connectivity index (χ4n) is 3.00. The molecule has 2 aromatic rings. The number of benzene rings is 1. The third-order valence-electron chi connectivity index (χ3n) is 4.33. The molecule has 1 saturated heterocycles. The summed E-state index contributed by atoms with van der Waals surface area (Å²) in [5.74, 6) is 1.05. The Kier molecular flexibility index (Phi) is 5.55. The van der Waals surface area contributed by atoms with Gasteiger partial charge in [0.15, 0.2) is 0 Å². The van der Waals surface area contributed by atoms with Crippen molar-refractivity contribution in [1.29, 1.82) is 0 Å². The summed E-state index contributed by atoms with van der Waals surface area (Å²) in [6, 6.07) is 5.40. The highest BCUT2D eigenvalue weighted by Gasteiger charge is 2.27. The molecule has 1 aliphatic heterocycles. The van der Waals surface area contributed by atoms with Gasteiger partial charge in [0, 0.05) is 37.3 Å². The predicted octanol–water partition coefficient (Wildman–Crippen LogP) is 2.43. The van der Waals surface area contributed by atoms with Gasteiger partial charge in [-0.25, -0.2) is 4.98 Å². The Morgan fingerprint density at radius 2 is 1.80 bits per heavy atom. The molecule has 0 atom stereocenters. The number of aromatic nitrogens is 1. The first-order valence-electron chi connectivity index (χ1n) is 8.26. The average molecular weight is 361 g/mol. The van der Waals surface area contributed by atoms with Crippen LogP contribution in [0.4, 0.5) is 0 Å². The molecule has 6 nitrogen and oxygen atoms in total. The number of carbonyl (C=O) groups is 1.